The van der Waals surface area contributed by atoms with Gasteiger partial charge in [-0.1, -0.05) is 6.92 Å². The van der Waals surface area contributed by atoms with Crippen LogP contribution in [0.2, 0.25) is 0 Å². The molecule has 2 rings (SSSR count). The van der Waals surface area contributed by atoms with E-state index in [1.165, 1.54) is 23.2 Å². The maximum Gasteiger partial charge on any atom is 0.389 e. The molecule has 2 aromatic rings. The summed E-state index contributed by atoms with van der Waals surface area (Å²) in [5.41, 5.74) is 0.529. The van der Waals surface area contributed by atoms with Crippen LogP contribution in [0.25, 0.3) is 0 Å². The van der Waals surface area contributed by atoms with Crippen LogP contribution in [0.5, 0.6) is 0 Å². The molecule has 1 unspecified atom stereocenters. The number of rotatable bonds is 5. The average molecular weight is 250 g/mol. The summed E-state index contributed by atoms with van der Waals surface area (Å²) in [6.45, 7) is 1.88. The summed E-state index contributed by atoms with van der Waals surface area (Å²) in [6.07, 6.45) is 3.62. The third kappa shape index (κ3) is 2.42. The van der Waals surface area contributed by atoms with Gasteiger partial charge in [-0.3, -0.25) is 0 Å². The highest BCUT2D eigenvalue weighted by Crippen LogP contribution is 2.13. The van der Waals surface area contributed by atoms with Crippen molar-refractivity contribution in [2.75, 3.05) is 0 Å². The van der Waals surface area contributed by atoms with Crippen LogP contribution in [0, 0.1) is 10.1 Å². The predicted octanol–water partition coefficient (Wildman–Crippen LogP) is 1.13. The van der Waals surface area contributed by atoms with E-state index in [9.17, 15) is 14.9 Å². The molecule has 94 valence electrons. The summed E-state index contributed by atoms with van der Waals surface area (Å²) in [6, 6.07) is 1.29. The minimum absolute atomic E-state index is 0.180. The first-order valence-corrected chi connectivity index (χ1v) is 5.17. The molecule has 0 radical (unpaired) electrons. The molecule has 0 aliphatic rings. The van der Waals surface area contributed by atoms with Crippen molar-refractivity contribution in [3.63, 3.8) is 0 Å². The zero-order chi connectivity index (χ0) is 13.1. The van der Waals surface area contributed by atoms with E-state index in [2.05, 4.69) is 10.1 Å². The van der Waals surface area contributed by atoms with Crippen molar-refractivity contribution in [3.8, 4) is 0 Å². The number of oxazole rings is 1. The predicted molar refractivity (Wildman–Crippen MR) is 59.0 cm³/mol. The van der Waals surface area contributed by atoms with Crippen LogP contribution in [0.4, 0.5) is 5.82 Å². The van der Waals surface area contributed by atoms with E-state index in [1.807, 2.05) is 0 Å². The highest BCUT2D eigenvalue weighted by atomic mass is 16.6. The first-order chi connectivity index (χ1) is 8.60. The molecule has 8 nitrogen and oxygen atoms in total. The fourth-order valence-electron chi connectivity index (χ4n) is 1.35. The third-order valence-corrected chi connectivity index (χ3v) is 2.35. The van der Waals surface area contributed by atoms with Gasteiger partial charge in [-0.25, -0.2) is 4.98 Å². The van der Waals surface area contributed by atoms with E-state index in [0.29, 0.717) is 11.6 Å². The molecule has 0 saturated carbocycles. The molecule has 0 amide bonds. The quantitative estimate of drug-likeness (QED) is 0.447. The number of hydrogen-bond donors (Lipinski definition) is 0. The Bertz CT molecular complexity index is 574. The SMILES string of the molecule is CC(C=O)c1coc(Cn2ccc([N+](=O)[O-])n2)n1. The number of hydrogen-bond acceptors (Lipinski definition) is 6. The Morgan fingerprint density at radius 3 is 3.06 bits per heavy atom. The van der Waals surface area contributed by atoms with Crippen LogP contribution in [0.3, 0.4) is 0 Å². The van der Waals surface area contributed by atoms with Crippen molar-refractivity contribution in [1.29, 1.82) is 0 Å². The van der Waals surface area contributed by atoms with E-state index in [0.717, 1.165) is 6.29 Å². The van der Waals surface area contributed by atoms with Gasteiger partial charge < -0.3 is 19.3 Å². The van der Waals surface area contributed by atoms with Gasteiger partial charge in [0.2, 0.25) is 5.89 Å². The lowest BCUT2D eigenvalue weighted by molar-refractivity contribution is -0.389. The van der Waals surface area contributed by atoms with E-state index >= 15 is 0 Å². The van der Waals surface area contributed by atoms with Crippen molar-refractivity contribution in [3.05, 3.63) is 40.2 Å². The Kier molecular flexibility index (Phi) is 3.18. The van der Waals surface area contributed by atoms with Crippen LogP contribution in [-0.2, 0) is 11.3 Å². The minimum Gasteiger partial charge on any atom is -0.447 e. The Hall–Kier alpha value is -2.51. The number of aldehydes is 1. The largest absolute Gasteiger partial charge is 0.447 e. The van der Waals surface area contributed by atoms with Gasteiger partial charge in [0.1, 0.15) is 19.1 Å². The lowest BCUT2D eigenvalue weighted by Crippen LogP contribution is -2.02. The maximum atomic E-state index is 10.6. The lowest BCUT2D eigenvalue weighted by atomic mass is 10.1. The minimum atomic E-state index is -0.577. The summed E-state index contributed by atoms with van der Waals surface area (Å²) in [5.74, 6) is -0.228. The normalized spacial score (nSPS) is 12.3. The van der Waals surface area contributed by atoms with Crippen molar-refractivity contribution in [2.45, 2.75) is 19.4 Å². The molecular formula is C10H10N4O4. The van der Waals surface area contributed by atoms with Crippen LogP contribution in [0.1, 0.15) is 24.4 Å². The van der Waals surface area contributed by atoms with Gasteiger partial charge in [0.25, 0.3) is 0 Å². The zero-order valence-corrected chi connectivity index (χ0v) is 9.52. The summed E-state index contributed by atoms with van der Waals surface area (Å²) < 4.78 is 6.51. The van der Waals surface area contributed by atoms with Crippen molar-refractivity contribution < 1.29 is 14.1 Å². The molecule has 1 atom stereocenters. The molecule has 0 spiro atoms. The molecule has 0 N–H and O–H groups in total. The maximum absolute atomic E-state index is 10.6. The van der Waals surface area contributed by atoms with Crippen molar-refractivity contribution in [1.82, 2.24) is 14.8 Å². The third-order valence-electron chi connectivity index (χ3n) is 2.35. The number of nitro groups is 1. The number of aromatic nitrogens is 3. The van der Waals surface area contributed by atoms with Crippen LogP contribution in [-0.4, -0.2) is 26.0 Å². The fourth-order valence-corrected chi connectivity index (χ4v) is 1.35. The van der Waals surface area contributed by atoms with E-state index in [4.69, 9.17) is 4.42 Å². The second kappa shape index (κ2) is 4.78. The fraction of sp³-hybridized carbons (Fsp3) is 0.300. The van der Waals surface area contributed by atoms with E-state index in [-0.39, 0.29) is 18.3 Å². The number of carbonyl (C=O) groups excluding carboxylic acids is 1. The van der Waals surface area contributed by atoms with Gasteiger partial charge in [0.05, 0.1) is 29.0 Å². The molecule has 2 heterocycles. The summed E-state index contributed by atoms with van der Waals surface area (Å²) >= 11 is 0. The Balaban J connectivity index is 2.11. The molecule has 8 heteroatoms. The van der Waals surface area contributed by atoms with Gasteiger partial charge in [-0.2, -0.15) is 4.68 Å². The summed E-state index contributed by atoms with van der Waals surface area (Å²) in [7, 11) is 0. The van der Waals surface area contributed by atoms with Gasteiger partial charge in [-0.05, 0) is 4.92 Å². The van der Waals surface area contributed by atoms with Crippen LogP contribution < -0.4 is 0 Å². The van der Waals surface area contributed by atoms with Crippen LogP contribution >= 0.6 is 0 Å². The molecule has 0 aromatic carbocycles. The second-order valence-electron chi connectivity index (χ2n) is 3.72. The Labute approximate surface area is 101 Å². The molecule has 0 fully saturated rings. The van der Waals surface area contributed by atoms with Gasteiger partial charge in [0.15, 0.2) is 0 Å². The van der Waals surface area contributed by atoms with Crippen molar-refractivity contribution in [2.24, 2.45) is 0 Å². The number of nitrogens with zero attached hydrogens (tertiary/aromatic N) is 4. The van der Waals surface area contributed by atoms with E-state index in [1.54, 1.807) is 6.92 Å². The van der Waals surface area contributed by atoms with Crippen LogP contribution in [0.15, 0.2) is 22.9 Å². The van der Waals surface area contributed by atoms with Gasteiger partial charge in [-0.15, -0.1) is 0 Å². The Morgan fingerprint density at radius 2 is 2.44 bits per heavy atom. The standard InChI is InChI=1S/C10H10N4O4/c1-7(5-15)8-6-18-10(11-8)4-13-3-2-9(12-13)14(16)17/h2-3,5-7H,4H2,1H3. The molecular weight excluding hydrogens is 240 g/mol. The first kappa shape index (κ1) is 12.0. The molecule has 2 aromatic heterocycles. The monoisotopic (exact) mass is 250 g/mol. The molecule has 0 aliphatic carbocycles. The van der Waals surface area contributed by atoms with E-state index < -0.39 is 4.92 Å². The highest BCUT2D eigenvalue weighted by Gasteiger charge is 2.14. The van der Waals surface area contributed by atoms with Gasteiger partial charge >= 0.3 is 5.82 Å². The highest BCUT2D eigenvalue weighted by molar-refractivity contribution is 5.59. The topological polar surface area (TPSA) is 104 Å². The lowest BCUT2D eigenvalue weighted by Gasteiger charge is -1.94. The summed E-state index contributed by atoms with van der Waals surface area (Å²) in [5, 5.41) is 14.2. The number of carbonyl (C=O) groups is 1. The second-order valence-corrected chi connectivity index (χ2v) is 3.72. The Morgan fingerprint density at radius 1 is 1.67 bits per heavy atom. The summed E-state index contributed by atoms with van der Waals surface area (Å²) in [4.78, 5) is 24.6. The smallest absolute Gasteiger partial charge is 0.389 e. The molecule has 0 aliphatic heterocycles. The average Bonchev–Trinajstić information content (AvgIpc) is 2.98. The zero-order valence-electron chi connectivity index (χ0n) is 9.52. The van der Waals surface area contributed by atoms with Crippen molar-refractivity contribution >= 4 is 12.1 Å². The molecule has 18 heavy (non-hydrogen) atoms. The molecule has 0 saturated heterocycles. The first-order valence-electron chi connectivity index (χ1n) is 5.17. The van der Waals surface area contributed by atoms with Gasteiger partial charge in [0, 0.05) is 0 Å². The molecule has 0 bridgehead atoms.